The Morgan fingerprint density at radius 3 is 2.38 bits per heavy atom. The van der Waals surface area contributed by atoms with Crippen LogP contribution in [-0.2, 0) is 0 Å². The lowest BCUT2D eigenvalue weighted by atomic mass is 9.99. The fourth-order valence-electron chi connectivity index (χ4n) is 3.13. The molecule has 116 valence electrons. The van der Waals surface area contributed by atoms with Gasteiger partial charge in [-0.05, 0) is 37.8 Å². The van der Waals surface area contributed by atoms with Gasteiger partial charge in [-0.1, -0.05) is 11.6 Å². The van der Waals surface area contributed by atoms with Crippen LogP contribution in [0.2, 0.25) is 5.02 Å². The van der Waals surface area contributed by atoms with Gasteiger partial charge in [-0.25, -0.2) is 8.78 Å². The van der Waals surface area contributed by atoms with Gasteiger partial charge in [-0.2, -0.15) is 0 Å². The van der Waals surface area contributed by atoms with Gasteiger partial charge in [0.15, 0.2) is 11.6 Å². The maximum absolute atomic E-state index is 13.2. The van der Waals surface area contributed by atoms with E-state index in [-0.39, 0.29) is 29.0 Å². The molecule has 7 heteroatoms. The number of rotatable bonds is 2. The third kappa shape index (κ3) is 3.47. The summed E-state index contributed by atoms with van der Waals surface area (Å²) in [4.78, 5) is 12.1. The average Bonchev–Trinajstić information content (AvgIpc) is 2.73. The maximum Gasteiger partial charge on any atom is 0.253 e. The highest BCUT2D eigenvalue weighted by Gasteiger charge is 2.34. The van der Waals surface area contributed by atoms with E-state index >= 15 is 0 Å². The Labute approximate surface area is 132 Å². The molecule has 2 saturated heterocycles. The Morgan fingerprint density at radius 1 is 1.19 bits per heavy atom. The van der Waals surface area contributed by atoms with Crippen LogP contribution in [0.1, 0.15) is 36.0 Å². The topological polar surface area (TPSA) is 41.1 Å². The molecule has 0 saturated carbocycles. The van der Waals surface area contributed by atoms with Gasteiger partial charge in [0.1, 0.15) is 0 Å². The molecule has 2 aliphatic rings. The minimum Gasteiger partial charge on any atom is -0.349 e. The standard InChI is InChI=1S/C14H15ClF2N2O.ClH/c15-11-6-13(17)12(16)5-10(11)14(20)19-9-3-7-1-2-8(4-9)18-7;/h5-9,18H,1-4H2,(H,19,20);1H. The summed E-state index contributed by atoms with van der Waals surface area (Å²) in [6.07, 6.45) is 3.99. The second-order valence-corrected chi connectivity index (χ2v) is 5.93. The van der Waals surface area contributed by atoms with Crippen LogP contribution in [0.5, 0.6) is 0 Å². The molecule has 0 aliphatic carbocycles. The summed E-state index contributed by atoms with van der Waals surface area (Å²) in [6.45, 7) is 0. The number of hydrogen-bond donors (Lipinski definition) is 2. The molecule has 2 aliphatic heterocycles. The zero-order valence-electron chi connectivity index (χ0n) is 11.2. The Hall–Kier alpha value is -0.910. The number of fused-ring (bicyclic) bond motifs is 2. The first-order chi connectivity index (χ1) is 9.52. The molecule has 2 heterocycles. The smallest absolute Gasteiger partial charge is 0.253 e. The first-order valence-electron chi connectivity index (χ1n) is 6.74. The molecule has 0 aromatic heterocycles. The number of carbonyl (C=O) groups excluding carboxylic acids is 1. The molecule has 3 rings (SSSR count). The third-order valence-corrected chi connectivity index (χ3v) is 4.38. The van der Waals surface area contributed by atoms with Crippen LogP contribution in [0.25, 0.3) is 0 Å². The predicted octanol–water partition coefficient (Wildman–Crippen LogP) is 3.05. The summed E-state index contributed by atoms with van der Waals surface area (Å²) in [6, 6.07) is 2.63. The third-order valence-electron chi connectivity index (χ3n) is 4.06. The van der Waals surface area contributed by atoms with E-state index in [1.54, 1.807) is 0 Å². The number of carbonyl (C=O) groups is 1. The van der Waals surface area contributed by atoms with Crippen LogP contribution >= 0.6 is 24.0 Å². The number of halogens is 4. The van der Waals surface area contributed by atoms with Crippen molar-refractivity contribution in [1.29, 1.82) is 0 Å². The second-order valence-electron chi connectivity index (χ2n) is 5.53. The van der Waals surface area contributed by atoms with Crippen molar-refractivity contribution in [2.24, 2.45) is 0 Å². The summed E-state index contributed by atoms with van der Waals surface area (Å²) in [7, 11) is 0. The van der Waals surface area contributed by atoms with Gasteiger partial charge >= 0.3 is 0 Å². The van der Waals surface area contributed by atoms with Crippen molar-refractivity contribution >= 4 is 29.9 Å². The maximum atomic E-state index is 13.2. The molecule has 3 nitrogen and oxygen atoms in total. The van der Waals surface area contributed by atoms with E-state index in [1.165, 1.54) is 0 Å². The van der Waals surface area contributed by atoms with Crippen molar-refractivity contribution in [2.75, 3.05) is 0 Å². The van der Waals surface area contributed by atoms with Gasteiger partial charge in [-0.15, -0.1) is 12.4 Å². The quantitative estimate of drug-likeness (QED) is 0.815. The van der Waals surface area contributed by atoms with Crippen molar-refractivity contribution in [1.82, 2.24) is 10.6 Å². The summed E-state index contributed by atoms with van der Waals surface area (Å²) in [5.74, 6) is -2.56. The molecular weight excluding hydrogens is 321 g/mol. The van der Waals surface area contributed by atoms with E-state index in [1.807, 2.05) is 0 Å². The minimum atomic E-state index is -1.06. The largest absolute Gasteiger partial charge is 0.349 e. The number of benzene rings is 1. The normalized spacial score (nSPS) is 27.1. The molecule has 0 radical (unpaired) electrons. The van der Waals surface area contributed by atoms with Crippen LogP contribution in [-0.4, -0.2) is 24.0 Å². The zero-order chi connectivity index (χ0) is 14.3. The first kappa shape index (κ1) is 16.5. The van der Waals surface area contributed by atoms with Crippen LogP contribution in [0.4, 0.5) is 8.78 Å². The lowest BCUT2D eigenvalue weighted by molar-refractivity contribution is 0.0923. The molecule has 1 aromatic carbocycles. The summed E-state index contributed by atoms with van der Waals surface area (Å²) in [5, 5.41) is 6.27. The van der Waals surface area contributed by atoms with Gasteiger partial charge < -0.3 is 10.6 Å². The Bertz CT molecular complexity index is 544. The number of amides is 1. The van der Waals surface area contributed by atoms with Gasteiger partial charge in [0.2, 0.25) is 0 Å². The molecule has 0 spiro atoms. The van der Waals surface area contributed by atoms with Crippen LogP contribution in [0.3, 0.4) is 0 Å². The van der Waals surface area contributed by atoms with E-state index < -0.39 is 17.5 Å². The number of piperidine rings is 1. The van der Waals surface area contributed by atoms with E-state index in [2.05, 4.69) is 10.6 Å². The molecule has 1 amide bonds. The monoisotopic (exact) mass is 336 g/mol. The van der Waals surface area contributed by atoms with Gasteiger partial charge in [0, 0.05) is 18.1 Å². The van der Waals surface area contributed by atoms with Crippen LogP contribution in [0.15, 0.2) is 12.1 Å². The first-order valence-corrected chi connectivity index (χ1v) is 7.12. The Kier molecular flexibility index (Phi) is 5.07. The SMILES string of the molecule is Cl.O=C(NC1CC2CCC(C1)N2)c1cc(F)c(F)cc1Cl. The summed E-state index contributed by atoms with van der Waals surface area (Å²) in [5.41, 5.74) is -0.0172. The molecule has 21 heavy (non-hydrogen) atoms. The molecule has 2 fully saturated rings. The minimum absolute atomic E-state index is 0. The van der Waals surface area contributed by atoms with Crippen LogP contribution < -0.4 is 10.6 Å². The van der Waals surface area contributed by atoms with Crippen molar-refractivity contribution in [3.05, 3.63) is 34.4 Å². The molecule has 2 atom stereocenters. The number of hydrogen-bond acceptors (Lipinski definition) is 2. The summed E-state index contributed by atoms with van der Waals surface area (Å²) < 4.78 is 26.2. The molecule has 2 unspecified atom stereocenters. The Balaban J connectivity index is 0.00000161. The molecule has 2 N–H and O–H groups in total. The predicted molar refractivity (Wildman–Crippen MR) is 79.0 cm³/mol. The van der Waals surface area contributed by atoms with Gasteiger partial charge in [-0.3, -0.25) is 4.79 Å². The van der Waals surface area contributed by atoms with Gasteiger partial charge in [0.05, 0.1) is 10.6 Å². The number of nitrogens with one attached hydrogen (secondary N) is 2. The fraction of sp³-hybridized carbons (Fsp3) is 0.500. The van der Waals surface area contributed by atoms with Crippen molar-refractivity contribution in [3.63, 3.8) is 0 Å². The van der Waals surface area contributed by atoms with Crippen LogP contribution in [0, 0.1) is 11.6 Å². The van der Waals surface area contributed by atoms with Gasteiger partial charge in [0.25, 0.3) is 5.91 Å². The van der Waals surface area contributed by atoms with Crippen molar-refractivity contribution in [2.45, 2.75) is 43.8 Å². The lowest BCUT2D eigenvalue weighted by Crippen LogP contribution is -2.48. The lowest BCUT2D eigenvalue weighted by Gasteiger charge is -2.29. The summed E-state index contributed by atoms with van der Waals surface area (Å²) >= 11 is 5.80. The van der Waals surface area contributed by atoms with E-state index in [9.17, 15) is 13.6 Å². The molecule has 2 bridgehead atoms. The van der Waals surface area contributed by atoms with Crippen molar-refractivity contribution < 1.29 is 13.6 Å². The highest BCUT2D eigenvalue weighted by atomic mass is 35.5. The average molecular weight is 337 g/mol. The molecule has 1 aromatic rings. The fourth-order valence-corrected chi connectivity index (χ4v) is 3.37. The highest BCUT2D eigenvalue weighted by Crippen LogP contribution is 2.27. The highest BCUT2D eigenvalue weighted by molar-refractivity contribution is 6.33. The van der Waals surface area contributed by atoms with Crippen molar-refractivity contribution in [3.8, 4) is 0 Å². The Morgan fingerprint density at radius 2 is 1.76 bits per heavy atom. The van der Waals surface area contributed by atoms with E-state index in [0.29, 0.717) is 12.1 Å². The zero-order valence-corrected chi connectivity index (χ0v) is 12.7. The van der Waals surface area contributed by atoms with E-state index in [0.717, 1.165) is 37.8 Å². The second kappa shape index (κ2) is 6.46. The van der Waals surface area contributed by atoms with E-state index in [4.69, 9.17) is 11.6 Å². The molecular formula is C14H16Cl2F2N2O.